The maximum absolute atomic E-state index is 13.4. The molecule has 3 aliphatic rings. The molecule has 2 N–H and O–H groups in total. The average molecular weight is 330 g/mol. The van der Waals surface area contributed by atoms with Crippen molar-refractivity contribution >= 4 is 17.3 Å². The van der Waals surface area contributed by atoms with Gasteiger partial charge in [0.05, 0.1) is 11.9 Å². The molecule has 2 aromatic rings. The maximum atomic E-state index is 13.4. The van der Waals surface area contributed by atoms with Crippen LogP contribution in [0, 0.1) is 11.6 Å². The number of pyridine rings is 1. The van der Waals surface area contributed by atoms with Gasteiger partial charge < -0.3 is 10.4 Å². The van der Waals surface area contributed by atoms with Crippen molar-refractivity contribution in [1.29, 1.82) is 0 Å². The monoisotopic (exact) mass is 330 g/mol. The molecule has 0 spiro atoms. The number of halogens is 2. The number of aromatic carboxylic acids is 1. The summed E-state index contributed by atoms with van der Waals surface area (Å²) in [4.78, 5) is 15.6. The van der Waals surface area contributed by atoms with Gasteiger partial charge in [0.1, 0.15) is 0 Å². The Kier molecular flexibility index (Phi) is 3.48. The van der Waals surface area contributed by atoms with Gasteiger partial charge in [0, 0.05) is 11.8 Å². The molecule has 1 saturated carbocycles. The van der Waals surface area contributed by atoms with Crippen LogP contribution >= 0.6 is 0 Å². The first-order valence-electron chi connectivity index (χ1n) is 8.02. The van der Waals surface area contributed by atoms with Gasteiger partial charge in [-0.2, -0.15) is 0 Å². The van der Waals surface area contributed by atoms with Crippen molar-refractivity contribution in [3.05, 3.63) is 52.9 Å². The molecule has 4 nitrogen and oxygen atoms in total. The third-order valence-corrected chi connectivity index (χ3v) is 5.10. The highest BCUT2D eigenvalue weighted by molar-refractivity contribution is 5.89. The fourth-order valence-electron chi connectivity index (χ4n) is 4.06. The fourth-order valence-corrected chi connectivity index (χ4v) is 4.06. The number of hydrogen-bond acceptors (Lipinski definition) is 3. The minimum atomic E-state index is -1.02. The van der Waals surface area contributed by atoms with E-state index in [0.29, 0.717) is 17.3 Å². The van der Waals surface area contributed by atoms with Gasteiger partial charge in [0.25, 0.3) is 0 Å². The number of carboxylic acid groups (broad SMARTS) is 1. The molecule has 0 unspecified atom stereocenters. The number of fused-ring (bicyclic) bond motifs is 2. The van der Waals surface area contributed by atoms with Crippen molar-refractivity contribution in [2.24, 2.45) is 0 Å². The van der Waals surface area contributed by atoms with E-state index in [9.17, 15) is 18.7 Å². The van der Waals surface area contributed by atoms with Crippen LogP contribution in [0.5, 0.6) is 0 Å². The molecule has 2 bridgehead atoms. The lowest BCUT2D eigenvalue weighted by atomic mass is 9.66. The first-order chi connectivity index (χ1) is 11.5. The lowest BCUT2D eigenvalue weighted by Gasteiger charge is -2.39. The molecule has 0 amide bonds. The van der Waals surface area contributed by atoms with E-state index < -0.39 is 17.6 Å². The maximum Gasteiger partial charge on any atom is 0.354 e. The second-order valence-electron chi connectivity index (χ2n) is 6.46. The smallest absolute Gasteiger partial charge is 0.354 e. The van der Waals surface area contributed by atoms with Crippen LogP contribution in [0.15, 0.2) is 24.4 Å². The zero-order chi connectivity index (χ0) is 16.8. The molecule has 0 radical (unpaired) electrons. The SMILES string of the molecule is O=C(O)c1ncc(Nc2ccc(F)c(F)c2)c2c1C1CCC2CC1. The molecule has 1 fully saturated rings. The largest absolute Gasteiger partial charge is 0.477 e. The zero-order valence-electron chi connectivity index (χ0n) is 12.9. The van der Waals surface area contributed by atoms with Gasteiger partial charge in [-0.1, -0.05) is 0 Å². The van der Waals surface area contributed by atoms with Gasteiger partial charge in [0.2, 0.25) is 0 Å². The quantitative estimate of drug-likeness (QED) is 0.866. The summed E-state index contributed by atoms with van der Waals surface area (Å²) in [6, 6.07) is 3.61. The Morgan fingerprint density at radius 1 is 1.08 bits per heavy atom. The minimum Gasteiger partial charge on any atom is -0.477 e. The lowest BCUT2D eigenvalue weighted by molar-refractivity contribution is 0.0687. The number of carboxylic acids is 1. The Bertz CT molecular complexity index is 830. The standard InChI is InChI=1S/C18H16F2N2O2/c19-12-6-5-11(7-13(12)20)22-14-8-21-17(18(23)24)16-10-3-1-9(2-4-10)15(14)16/h5-10,22H,1-4H2,(H,23,24). The number of hydrogen-bond donors (Lipinski definition) is 2. The highest BCUT2D eigenvalue weighted by Gasteiger charge is 2.38. The highest BCUT2D eigenvalue weighted by Crippen LogP contribution is 2.52. The molecule has 0 atom stereocenters. The Hall–Kier alpha value is -2.50. The number of benzene rings is 1. The summed E-state index contributed by atoms with van der Waals surface area (Å²) in [5.41, 5.74) is 3.03. The first kappa shape index (κ1) is 15.1. The third kappa shape index (κ3) is 2.33. The predicted molar refractivity (Wildman–Crippen MR) is 84.8 cm³/mol. The first-order valence-corrected chi connectivity index (χ1v) is 8.02. The average Bonchev–Trinajstić information content (AvgIpc) is 2.59. The van der Waals surface area contributed by atoms with Crippen LogP contribution in [0.2, 0.25) is 0 Å². The Labute approximate surface area is 137 Å². The summed E-state index contributed by atoms with van der Waals surface area (Å²) in [6.45, 7) is 0. The molecule has 1 aromatic carbocycles. The van der Waals surface area contributed by atoms with E-state index in [1.54, 1.807) is 0 Å². The van der Waals surface area contributed by atoms with Crippen LogP contribution in [-0.2, 0) is 0 Å². The number of aromatic nitrogens is 1. The summed E-state index contributed by atoms with van der Waals surface area (Å²) in [6.07, 6.45) is 5.49. The Morgan fingerprint density at radius 2 is 1.75 bits per heavy atom. The van der Waals surface area contributed by atoms with Crippen molar-refractivity contribution in [3.63, 3.8) is 0 Å². The van der Waals surface area contributed by atoms with Crippen LogP contribution in [-0.4, -0.2) is 16.1 Å². The summed E-state index contributed by atoms with van der Waals surface area (Å²) >= 11 is 0. The third-order valence-electron chi connectivity index (χ3n) is 5.10. The number of nitrogens with one attached hydrogen (secondary N) is 1. The molecule has 6 heteroatoms. The zero-order valence-corrected chi connectivity index (χ0v) is 12.9. The molecule has 124 valence electrons. The van der Waals surface area contributed by atoms with Gasteiger partial charge in [-0.05, 0) is 60.8 Å². The van der Waals surface area contributed by atoms with Crippen LogP contribution < -0.4 is 5.32 Å². The van der Waals surface area contributed by atoms with E-state index in [4.69, 9.17) is 0 Å². The topological polar surface area (TPSA) is 62.2 Å². The summed E-state index contributed by atoms with van der Waals surface area (Å²) in [7, 11) is 0. The van der Waals surface area contributed by atoms with Crippen molar-refractivity contribution in [2.75, 3.05) is 5.32 Å². The number of nitrogens with zero attached hydrogens (tertiary/aromatic N) is 1. The van der Waals surface area contributed by atoms with E-state index in [1.807, 2.05) is 0 Å². The number of rotatable bonds is 3. The minimum absolute atomic E-state index is 0.121. The molecule has 1 heterocycles. The van der Waals surface area contributed by atoms with Crippen LogP contribution in [0.3, 0.4) is 0 Å². The molecule has 0 aliphatic heterocycles. The summed E-state index contributed by atoms with van der Waals surface area (Å²) < 4.78 is 26.5. The van der Waals surface area contributed by atoms with Gasteiger partial charge in [-0.25, -0.2) is 18.6 Å². The van der Waals surface area contributed by atoms with Crippen molar-refractivity contribution in [2.45, 2.75) is 37.5 Å². The van der Waals surface area contributed by atoms with Gasteiger partial charge in [-0.15, -0.1) is 0 Å². The van der Waals surface area contributed by atoms with Gasteiger partial charge in [0.15, 0.2) is 17.3 Å². The van der Waals surface area contributed by atoms with Crippen molar-refractivity contribution in [3.8, 4) is 0 Å². The van der Waals surface area contributed by atoms with Gasteiger partial charge in [-0.3, -0.25) is 0 Å². The van der Waals surface area contributed by atoms with Crippen LogP contribution in [0.25, 0.3) is 0 Å². The predicted octanol–water partition coefficient (Wildman–Crippen LogP) is 4.56. The van der Waals surface area contributed by atoms with Crippen molar-refractivity contribution < 1.29 is 18.7 Å². The second kappa shape index (κ2) is 5.54. The van der Waals surface area contributed by atoms with E-state index in [1.165, 1.54) is 12.3 Å². The number of anilines is 2. The summed E-state index contributed by atoms with van der Waals surface area (Å²) in [5.74, 6) is -2.33. The molecule has 5 rings (SSSR count). The van der Waals surface area contributed by atoms with E-state index in [2.05, 4.69) is 10.3 Å². The van der Waals surface area contributed by atoms with E-state index >= 15 is 0 Å². The second-order valence-corrected chi connectivity index (χ2v) is 6.46. The molecule has 0 saturated heterocycles. The van der Waals surface area contributed by atoms with Crippen LogP contribution in [0.4, 0.5) is 20.2 Å². The molecular weight excluding hydrogens is 314 g/mol. The molecular formula is C18H16F2N2O2. The Morgan fingerprint density at radius 3 is 2.38 bits per heavy atom. The normalized spacial score (nSPS) is 21.4. The Balaban J connectivity index is 1.81. The van der Waals surface area contributed by atoms with Crippen LogP contribution in [0.1, 0.15) is 59.1 Å². The van der Waals surface area contributed by atoms with E-state index in [-0.39, 0.29) is 11.6 Å². The molecule has 3 aliphatic carbocycles. The summed E-state index contributed by atoms with van der Waals surface area (Å²) in [5, 5.41) is 12.5. The van der Waals surface area contributed by atoms with E-state index in [0.717, 1.165) is 48.9 Å². The lowest BCUT2D eigenvalue weighted by Crippen LogP contribution is -2.26. The van der Waals surface area contributed by atoms with Gasteiger partial charge >= 0.3 is 5.97 Å². The number of carbonyl (C=O) groups is 1. The fraction of sp³-hybridized carbons (Fsp3) is 0.333. The molecule has 1 aromatic heterocycles. The highest BCUT2D eigenvalue weighted by atomic mass is 19.2. The van der Waals surface area contributed by atoms with Crippen molar-refractivity contribution in [1.82, 2.24) is 4.98 Å². The molecule has 24 heavy (non-hydrogen) atoms.